The number of anilines is 1. The molecule has 176 valence electrons. The largest absolute Gasteiger partial charge is 0.490 e. The molecule has 0 radical (unpaired) electrons. The summed E-state index contributed by atoms with van der Waals surface area (Å²) in [5, 5.41) is 6.79. The first-order valence-corrected chi connectivity index (χ1v) is 10.8. The van der Waals surface area contributed by atoms with Gasteiger partial charge in [-0.25, -0.2) is 4.99 Å². The third-order valence-corrected chi connectivity index (χ3v) is 4.87. The Morgan fingerprint density at radius 2 is 1.84 bits per heavy atom. The predicted octanol–water partition coefficient (Wildman–Crippen LogP) is 4.39. The van der Waals surface area contributed by atoms with Crippen molar-refractivity contribution in [3.05, 3.63) is 53.6 Å². The van der Waals surface area contributed by atoms with Crippen LogP contribution in [0.3, 0.4) is 0 Å². The van der Waals surface area contributed by atoms with Gasteiger partial charge in [-0.3, -0.25) is 0 Å². The van der Waals surface area contributed by atoms with E-state index in [0.717, 1.165) is 42.5 Å². The lowest BCUT2D eigenvalue weighted by molar-refractivity contribution is 0.0699. The van der Waals surface area contributed by atoms with Crippen molar-refractivity contribution in [1.29, 1.82) is 0 Å². The highest BCUT2D eigenvalue weighted by Gasteiger charge is 2.11. The van der Waals surface area contributed by atoms with Crippen molar-refractivity contribution in [2.24, 2.45) is 4.99 Å². The number of ether oxygens (including phenoxy) is 4. The molecule has 2 N–H and O–H groups in total. The molecule has 0 spiro atoms. The zero-order valence-electron chi connectivity index (χ0n) is 18.9. The summed E-state index contributed by atoms with van der Waals surface area (Å²) in [6.45, 7) is 6.68. The zero-order chi connectivity index (χ0) is 21.7. The van der Waals surface area contributed by atoms with Crippen LogP contribution in [0.5, 0.6) is 11.5 Å². The van der Waals surface area contributed by atoms with Crippen LogP contribution in [0.25, 0.3) is 0 Å². The van der Waals surface area contributed by atoms with Crippen LogP contribution in [0.15, 0.2) is 47.5 Å². The zero-order valence-corrected chi connectivity index (χ0v) is 21.2. The highest BCUT2D eigenvalue weighted by Crippen LogP contribution is 2.32. The quantitative estimate of drug-likeness (QED) is 0.196. The number of aliphatic imine (C=N–C) groups is 1. The van der Waals surface area contributed by atoms with Gasteiger partial charge in [0.05, 0.1) is 33.0 Å². The molecule has 2 aromatic carbocycles. The Bertz CT molecular complexity index is 848. The van der Waals surface area contributed by atoms with Crippen molar-refractivity contribution < 1.29 is 18.9 Å². The lowest BCUT2D eigenvalue weighted by atomic mass is 10.1. The monoisotopic (exact) mass is 555 g/mol. The van der Waals surface area contributed by atoms with E-state index in [1.807, 2.05) is 30.3 Å². The molecule has 1 aliphatic heterocycles. The number of hydrogen-bond acceptors (Lipinski definition) is 5. The number of guanidine groups is 1. The molecule has 1 heterocycles. The number of hydrogen-bond donors (Lipinski definition) is 2. The third kappa shape index (κ3) is 8.84. The van der Waals surface area contributed by atoms with Crippen LogP contribution in [0.4, 0.5) is 5.69 Å². The van der Waals surface area contributed by atoms with Gasteiger partial charge in [0, 0.05) is 38.4 Å². The van der Waals surface area contributed by atoms with Gasteiger partial charge in [0.15, 0.2) is 17.5 Å². The Labute approximate surface area is 207 Å². The first-order chi connectivity index (χ1) is 15.3. The third-order valence-electron chi connectivity index (χ3n) is 4.87. The van der Waals surface area contributed by atoms with E-state index in [1.165, 1.54) is 11.1 Å². The van der Waals surface area contributed by atoms with Gasteiger partial charge in [-0.1, -0.05) is 24.3 Å². The number of fused-ring (bicyclic) bond motifs is 1. The van der Waals surface area contributed by atoms with Gasteiger partial charge in [-0.2, -0.15) is 0 Å². The van der Waals surface area contributed by atoms with Crippen LogP contribution < -0.4 is 20.1 Å². The van der Waals surface area contributed by atoms with E-state index >= 15 is 0 Å². The second kappa shape index (κ2) is 14.9. The molecule has 7 nitrogen and oxygen atoms in total. The second-order valence-electron chi connectivity index (χ2n) is 7.31. The van der Waals surface area contributed by atoms with Crippen molar-refractivity contribution in [3.8, 4) is 11.5 Å². The van der Waals surface area contributed by atoms with Gasteiger partial charge in [0.25, 0.3) is 0 Å². The molecule has 32 heavy (non-hydrogen) atoms. The number of halogens is 1. The molecule has 0 saturated heterocycles. The number of methoxy groups -OCH3 is 1. The van der Waals surface area contributed by atoms with Gasteiger partial charge in [0.1, 0.15) is 0 Å². The van der Waals surface area contributed by atoms with E-state index in [9.17, 15) is 0 Å². The molecule has 0 amide bonds. The molecule has 0 fully saturated rings. The van der Waals surface area contributed by atoms with E-state index in [-0.39, 0.29) is 24.0 Å². The summed E-state index contributed by atoms with van der Waals surface area (Å²) in [6.07, 6.45) is 1.75. The minimum absolute atomic E-state index is 0. The topological polar surface area (TPSA) is 73.3 Å². The molecule has 0 aliphatic carbocycles. The number of rotatable bonds is 10. The number of benzene rings is 2. The lowest BCUT2D eigenvalue weighted by Gasteiger charge is -2.15. The van der Waals surface area contributed by atoms with Crippen molar-refractivity contribution in [3.63, 3.8) is 0 Å². The van der Waals surface area contributed by atoms with Crippen LogP contribution >= 0.6 is 24.0 Å². The van der Waals surface area contributed by atoms with E-state index < -0.39 is 0 Å². The molecule has 0 aromatic heterocycles. The lowest BCUT2D eigenvalue weighted by Crippen LogP contribution is -2.32. The Hall–Kier alpha value is -2.04. The van der Waals surface area contributed by atoms with Crippen LogP contribution in [-0.2, 0) is 16.0 Å². The summed E-state index contributed by atoms with van der Waals surface area (Å²) in [4.78, 5) is 4.79. The molecule has 2 aromatic rings. The molecular weight excluding hydrogens is 521 g/mol. The second-order valence-corrected chi connectivity index (χ2v) is 7.31. The number of nitrogens with zero attached hydrogens (tertiary/aromatic N) is 1. The van der Waals surface area contributed by atoms with E-state index in [0.29, 0.717) is 39.6 Å². The highest BCUT2D eigenvalue weighted by molar-refractivity contribution is 14.0. The highest BCUT2D eigenvalue weighted by atomic mass is 127. The predicted molar refractivity (Wildman–Crippen MR) is 139 cm³/mol. The van der Waals surface area contributed by atoms with Gasteiger partial charge in [-0.15, -0.1) is 24.0 Å². The molecule has 1 aliphatic rings. The maximum atomic E-state index is 5.81. The van der Waals surface area contributed by atoms with E-state index in [1.54, 1.807) is 7.11 Å². The maximum Gasteiger partial charge on any atom is 0.196 e. The molecule has 3 rings (SSSR count). The van der Waals surface area contributed by atoms with Crippen LogP contribution in [0.1, 0.15) is 24.0 Å². The summed E-state index contributed by atoms with van der Waals surface area (Å²) in [5.41, 5.74) is 3.33. The van der Waals surface area contributed by atoms with Crippen molar-refractivity contribution in [2.75, 3.05) is 52.0 Å². The summed E-state index contributed by atoms with van der Waals surface area (Å²) in [6, 6.07) is 14.2. The van der Waals surface area contributed by atoms with E-state index in [4.69, 9.17) is 23.9 Å². The summed E-state index contributed by atoms with van der Waals surface area (Å²) in [5.74, 6) is 2.25. The SMILES string of the molecule is COCCOCCCNC(=NCc1ccccc1C)Nc1ccc2c(c1)OCCCO2.I. The minimum Gasteiger partial charge on any atom is -0.490 e. The summed E-state index contributed by atoms with van der Waals surface area (Å²) >= 11 is 0. The van der Waals surface area contributed by atoms with Gasteiger partial charge in [-0.05, 0) is 36.6 Å². The van der Waals surface area contributed by atoms with Gasteiger partial charge in [0.2, 0.25) is 0 Å². The molecule has 8 heteroatoms. The number of aryl methyl sites for hydroxylation is 1. The van der Waals surface area contributed by atoms with Crippen molar-refractivity contribution in [2.45, 2.75) is 26.3 Å². The smallest absolute Gasteiger partial charge is 0.196 e. The average molecular weight is 555 g/mol. The molecule has 0 saturated carbocycles. The summed E-state index contributed by atoms with van der Waals surface area (Å²) < 4.78 is 22.1. The normalized spacial score (nSPS) is 13.1. The van der Waals surface area contributed by atoms with Gasteiger partial charge >= 0.3 is 0 Å². The fourth-order valence-electron chi connectivity index (χ4n) is 3.09. The minimum atomic E-state index is 0. The maximum absolute atomic E-state index is 5.81. The molecule has 0 bridgehead atoms. The first kappa shape index (κ1) is 26.2. The Morgan fingerprint density at radius 3 is 2.66 bits per heavy atom. The Kier molecular flexibility index (Phi) is 12.2. The summed E-state index contributed by atoms with van der Waals surface area (Å²) in [7, 11) is 1.67. The van der Waals surface area contributed by atoms with Crippen molar-refractivity contribution >= 4 is 35.6 Å². The fraction of sp³-hybridized carbons (Fsp3) is 0.458. The fourth-order valence-corrected chi connectivity index (χ4v) is 3.09. The molecule has 0 atom stereocenters. The molecular formula is C24H34IN3O4. The van der Waals surface area contributed by atoms with Gasteiger partial charge < -0.3 is 29.6 Å². The first-order valence-electron chi connectivity index (χ1n) is 10.8. The number of nitrogens with one attached hydrogen (secondary N) is 2. The van der Waals surface area contributed by atoms with Crippen LogP contribution in [0.2, 0.25) is 0 Å². The van der Waals surface area contributed by atoms with E-state index in [2.05, 4.69) is 29.7 Å². The van der Waals surface area contributed by atoms with Crippen LogP contribution in [0, 0.1) is 6.92 Å². The Morgan fingerprint density at radius 1 is 1.03 bits per heavy atom. The van der Waals surface area contributed by atoms with Crippen LogP contribution in [-0.4, -0.2) is 52.6 Å². The van der Waals surface area contributed by atoms with Crippen molar-refractivity contribution in [1.82, 2.24) is 5.32 Å². The molecule has 0 unspecified atom stereocenters. The standard InChI is InChI=1S/C24H33N3O4.HI/c1-19-7-3-4-8-20(19)18-26-24(25-11-5-12-29-16-15-28-2)27-21-9-10-22-23(17-21)31-14-6-13-30-22;/h3-4,7-10,17H,5-6,11-16,18H2,1-2H3,(H2,25,26,27);1H. The Balaban J connectivity index is 0.00000363. The average Bonchev–Trinajstić information content (AvgIpc) is 3.02.